The van der Waals surface area contributed by atoms with E-state index >= 15 is 0 Å². The third-order valence-corrected chi connectivity index (χ3v) is 0.836. The summed E-state index contributed by atoms with van der Waals surface area (Å²) in [5, 5.41) is 0. The Morgan fingerprint density at radius 1 is 1.22 bits per heavy atom. The van der Waals surface area contributed by atoms with Crippen molar-refractivity contribution in [3.8, 4) is 0 Å². The SMILES string of the molecule is C=O.O=C1C=CCC=C1. The van der Waals surface area contributed by atoms with Gasteiger partial charge in [0.05, 0.1) is 0 Å². The molecule has 0 heterocycles. The molecule has 1 rings (SSSR count). The van der Waals surface area contributed by atoms with Crippen molar-refractivity contribution in [2.24, 2.45) is 0 Å². The predicted octanol–water partition coefficient (Wildman–Crippen LogP) is 0.887. The van der Waals surface area contributed by atoms with E-state index in [-0.39, 0.29) is 5.78 Å². The van der Waals surface area contributed by atoms with Gasteiger partial charge in [-0.2, -0.15) is 0 Å². The summed E-state index contributed by atoms with van der Waals surface area (Å²) in [5.41, 5.74) is 0. The lowest BCUT2D eigenvalue weighted by Crippen LogP contribution is -1.87. The van der Waals surface area contributed by atoms with Crippen LogP contribution in [0.3, 0.4) is 0 Å². The standard InChI is InChI=1S/C6H6O.CH2O/c7-6-4-2-1-3-5-6;1-2/h2-5H,1H2;1H2. The van der Waals surface area contributed by atoms with Gasteiger partial charge >= 0.3 is 0 Å². The molecule has 0 spiro atoms. The zero-order valence-electron chi connectivity index (χ0n) is 5.04. The summed E-state index contributed by atoms with van der Waals surface area (Å²) < 4.78 is 0. The van der Waals surface area contributed by atoms with Gasteiger partial charge in [-0.15, -0.1) is 0 Å². The molecule has 2 heteroatoms. The van der Waals surface area contributed by atoms with Crippen LogP contribution in [0.1, 0.15) is 6.42 Å². The smallest absolute Gasteiger partial charge is 0.178 e. The second-order valence-corrected chi connectivity index (χ2v) is 1.44. The average molecular weight is 124 g/mol. The first kappa shape index (κ1) is 7.82. The van der Waals surface area contributed by atoms with E-state index in [1.165, 1.54) is 0 Å². The second-order valence-electron chi connectivity index (χ2n) is 1.44. The summed E-state index contributed by atoms with van der Waals surface area (Å²) in [6, 6.07) is 0. The molecule has 0 saturated heterocycles. The molecular formula is C7H8O2. The monoisotopic (exact) mass is 124 g/mol. The highest BCUT2D eigenvalue weighted by molar-refractivity contribution is 5.99. The molecule has 1 aliphatic rings. The van der Waals surface area contributed by atoms with Crippen LogP contribution in [0.4, 0.5) is 0 Å². The Hall–Kier alpha value is -1.18. The molecule has 0 fully saturated rings. The van der Waals surface area contributed by atoms with E-state index in [0.29, 0.717) is 0 Å². The summed E-state index contributed by atoms with van der Waals surface area (Å²) >= 11 is 0. The molecule has 1 aliphatic carbocycles. The number of carbonyl (C=O) groups excluding carboxylic acids is 2. The van der Waals surface area contributed by atoms with Gasteiger partial charge < -0.3 is 4.79 Å². The van der Waals surface area contributed by atoms with Gasteiger partial charge in [0.1, 0.15) is 6.79 Å². The van der Waals surface area contributed by atoms with Crippen molar-refractivity contribution in [3.05, 3.63) is 24.3 Å². The van der Waals surface area contributed by atoms with Gasteiger partial charge in [0.25, 0.3) is 0 Å². The largest absolute Gasteiger partial charge is 0.307 e. The molecule has 0 unspecified atom stereocenters. The topological polar surface area (TPSA) is 34.1 Å². The molecule has 0 N–H and O–H groups in total. The van der Waals surface area contributed by atoms with Crippen molar-refractivity contribution >= 4 is 12.6 Å². The van der Waals surface area contributed by atoms with Gasteiger partial charge in [-0.1, -0.05) is 12.2 Å². The lowest BCUT2D eigenvalue weighted by Gasteiger charge is -1.87. The normalized spacial score (nSPS) is 14.4. The summed E-state index contributed by atoms with van der Waals surface area (Å²) in [7, 11) is 0. The molecule has 48 valence electrons. The maximum Gasteiger partial charge on any atom is 0.178 e. The Bertz CT molecular complexity index is 131. The molecule has 9 heavy (non-hydrogen) atoms. The first-order valence-electron chi connectivity index (χ1n) is 2.55. The van der Waals surface area contributed by atoms with Crippen LogP contribution >= 0.6 is 0 Å². The molecule has 0 saturated carbocycles. The summed E-state index contributed by atoms with van der Waals surface area (Å²) in [6.45, 7) is 2.00. The summed E-state index contributed by atoms with van der Waals surface area (Å²) in [5.74, 6) is 0.103. The van der Waals surface area contributed by atoms with Gasteiger partial charge in [-0.25, -0.2) is 0 Å². The van der Waals surface area contributed by atoms with Crippen molar-refractivity contribution < 1.29 is 9.59 Å². The van der Waals surface area contributed by atoms with Crippen LogP contribution in [0, 0.1) is 0 Å². The Labute approximate surface area is 53.9 Å². The highest BCUT2D eigenvalue weighted by Crippen LogP contribution is 1.93. The average Bonchev–Trinajstić information content (AvgIpc) is 1.94. The van der Waals surface area contributed by atoms with Crippen molar-refractivity contribution in [1.29, 1.82) is 0 Å². The van der Waals surface area contributed by atoms with Gasteiger partial charge in [0.2, 0.25) is 0 Å². The van der Waals surface area contributed by atoms with Gasteiger partial charge in [-0.05, 0) is 18.6 Å². The van der Waals surface area contributed by atoms with Crippen molar-refractivity contribution in [3.63, 3.8) is 0 Å². The van der Waals surface area contributed by atoms with Crippen LogP contribution in [0.5, 0.6) is 0 Å². The first-order chi connectivity index (χ1) is 4.39. The van der Waals surface area contributed by atoms with E-state index in [9.17, 15) is 4.79 Å². The van der Waals surface area contributed by atoms with Gasteiger partial charge in [-0.3, -0.25) is 4.79 Å². The van der Waals surface area contributed by atoms with E-state index < -0.39 is 0 Å². The fourth-order valence-corrected chi connectivity index (χ4v) is 0.503. The molecule has 0 bridgehead atoms. The molecule has 0 aromatic carbocycles. The zero-order chi connectivity index (χ0) is 7.11. The zero-order valence-corrected chi connectivity index (χ0v) is 5.04. The lowest BCUT2D eigenvalue weighted by molar-refractivity contribution is -0.110. The minimum Gasteiger partial charge on any atom is -0.307 e. The van der Waals surface area contributed by atoms with Crippen LogP contribution in [-0.4, -0.2) is 12.6 Å². The van der Waals surface area contributed by atoms with Gasteiger partial charge in [0, 0.05) is 0 Å². The van der Waals surface area contributed by atoms with Crippen LogP contribution in [0.25, 0.3) is 0 Å². The number of allylic oxidation sites excluding steroid dienone is 4. The van der Waals surface area contributed by atoms with Crippen LogP contribution in [-0.2, 0) is 9.59 Å². The van der Waals surface area contributed by atoms with E-state index in [4.69, 9.17) is 4.79 Å². The predicted molar refractivity (Wildman–Crippen MR) is 35.0 cm³/mol. The minimum atomic E-state index is 0.103. The minimum absolute atomic E-state index is 0.103. The second kappa shape index (κ2) is 4.97. The number of hydrogen-bond acceptors (Lipinski definition) is 2. The number of carbonyl (C=O) groups is 2. The highest BCUT2D eigenvalue weighted by Gasteiger charge is 1.89. The summed E-state index contributed by atoms with van der Waals surface area (Å²) in [6.07, 6.45) is 7.77. The number of ketones is 1. The third kappa shape index (κ3) is 3.41. The Morgan fingerprint density at radius 3 is 1.89 bits per heavy atom. The third-order valence-electron chi connectivity index (χ3n) is 0.836. The Balaban J connectivity index is 0.000000291. The maximum absolute atomic E-state index is 10.3. The van der Waals surface area contributed by atoms with Crippen molar-refractivity contribution in [2.45, 2.75) is 6.42 Å². The van der Waals surface area contributed by atoms with Crippen LogP contribution < -0.4 is 0 Å². The Morgan fingerprint density at radius 2 is 1.67 bits per heavy atom. The Kier molecular flexibility index (Phi) is 4.32. The molecule has 0 aliphatic heterocycles. The van der Waals surface area contributed by atoms with E-state index in [0.717, 1.165) is 6.42 Å². The van der Waals surface area contributed by atoms with E-state index in [2.05, 4.69) is 0 Å². The quantitative estimate of drug-likeness (QED) is 0.480. The van der Waals surface area contributed by atoms with Crippen LogP contribution in [0.2, 0.25) is 0 Å². The highest BCUT2D eigenvalue weighted by atomic mass is 16.1. The molecule has 0 atom stereocenters. The fraction of sp³-hybridized carbons (Fsp3) is 0.143. The van der Waals surface area contributed by atoms with E-state index in [1.807, 2.05) is 18.9 Å². The lowest BCUT2D eigenvalue weighted by atomic mass is 10.2. The number of hydrogen-bond donors (Lipinski definition) is 0. The van der Waals surface area contributed by atoms with E-state index in [1.54, 1.807) is 12.2 Å². The maximum atomic E-state index is 10.3. The first-order valence-corrected chi connectivity index (χ1v) is 2.55. The molecule has 0 aromatic heterocycles. The number of rotatable bonds is 0. The molecular weight excluding hydrogens is 116 g/mol. The van der Waals surface area contributed by atoms with Crippen molar-refractivity contribution in [1.82, 2.24) is 0 Å². The molecule has 0 radical (unpaired) electrons. The fourth-order valence-electron chi connectivity index (χ4n) is 0.503. The van der Waals surface area contributed by atoms with Crippen LogP contribution in [0.15, 0.2) is 24.3 Å². The molecule has 0 aromatic rings. The molecule has 2 nitrogen and oxygen atoms in total. The molecule has 0 amide bonds. The van der Waals surface area contributed by atoms with Gasteiger partial charge in [0.15, 0.2) is 5.78 Å². The van der Waals surface area contributed by atoms with Crippen molar-refractivity contribution in [2.75, 3.05) is 0 Å². The summed E-state index contributed by atoms with van der Waals surface area (Å²) in [4.78, 5) is 18.3.